The number of rotatable bonds is 2. The first kappa shape index (κ1) is 11.1. The van der Waals surface area contributed by atoms with Crippen LogP contribution in [0.2, 0.25) is 0 Å². The summed E-state index contributed by atoms with van der Waals surface area (Å²) in [6.45, 7) is 0. The van der Waals surface area contributed by atoms with Crippen molar-refractivity contribution in [1.82, 2.24) is 0 Å². The van der Waals surface area contributed by atoms with Gasteiger partial charge in [0.2, 0.25) is 0 Å². The molecule has 16 heavy (non-hydrogen) atoms. The Morgan fingerprint density at radius 1 is 1.31 bits per heavy atom. The summed E-state index contributed by atoms with van der Waals surface area (Å²) in [4.78, 5) is 4.26. The second kappa shape index (κ2) is 4.25. The summed E-state index contributed by atoms with van der Waals surface area (Å²) < 4.78 is 22.5. The number of sulfone groups is 1. The highest BCUT2D eigenvalue weighted by molar-refractivity contribution is 7.91. The molecule has 1 heterocycles. The van der Waals surface area contributed by atoms with Gasteiger partial charge in [-0.1, -0.05) is 30.3 Å². The molecule has 0 spiro atoms. The molecule has 0 amide bonds. The van der Waals surface area contributed by atoms with Crippen molar-refractivity contribution < 1.29 is 8.42 Å². The lowest BCUT2D eigenvalue weighted by Gasteiger charge is -2.04. The molecule has 86 valence electrons. The van der Waals surface area contributed by atoms with Gasteiger partial charge < -0.3 is 5.73 Å². The Kier molecular flexibility index (Phi) is 2.96. The minimum absolute atomic E-state index is 0.126. The molecule has 0 aliphatic carbocycles. The van der Waals surface area contributed by atoms with Crippen LogP contribution < -0.4 is 5.73 Å². The van der Waals surface area contributed by atoms with E-state index < -0.39 is 9.84 Å². The average molecular weight is 238 g/mol. The highest BCUT2D eigenvalue weighted by Crippen LogP contribution is 2.15. The van der Waals surface area contributed by atoms with Gasteiger partial charge in [-0.15, -0.1) is 0 Å². The first-order valence-electron chi connectivity index (χ1n) is 5.16. The summed E-state index contributed by atoms with van der Waals surface area (Å²) in [7, 11) is -2.89. The summed E-state index contributed by atoms with van der Waals surface area (Å²) in [5, 5.41) is 0. The molecule has 0 saturated carbocycles. The Hall–Kier alpha value is -1.36. The molecule has 2 rings (SSSR count). The molecule has 0 radical (unpaired) electrons. The molecule has 1 unspecified atom stereocenters. The summed E-state index contributed by atoms with van der Waals surface area (Å²) in [6, 6.07) is 9.21. The van der Waals surface area contributed by atoms with Gasteiger partial charge in [0.15, 0.2) is 9.84 Å². The molecule has 5 heteroatoms. The van der Waals surface area contributed by atoms with E-state index in [1.807, 2.05) is 30.3 Å². The third-order valence-corrected chi connectivity index (χ3v) is 4.35. The van der Waals surface area contributed by atoms with Crippen LogP contribution in [0.3, 0.4) is 0 Å². The van der Waals surface area contributed by atoms with E-state index in [1.165, 1.54) is 0 Å². The molecule has 1 saturated heterocycles. The van der Waals surface area contributed by atoms with Gasteiger partial charge in [0, 0.05) is 5.56 Å². The van der Waals surface area contributed by atoms with E-state index in [0.29, 0.717) is 12.3 Å². The van der Waals surface area contributed by atoms with Gasteiger partial charge in [-0.25, -0.2) is 8.42 Å². The summed E-state index contributed by atoms with van der Waals surface area (Å²) in [5.41, 5.74) is 6.66. The van der Waals surface area contributed by atoms with Crippen molar-refractivity contribution in [1.29, 1.82) is 0 Å². The van der Waals surface area contributed by atoms with E-state index in [2.05, 4.69) is 4.99 Å². The first-order valence-corrected chi connectivity index (χ1v) is 6.98. The van der Waals surface area contributed by atoms with Gasteiger partial charge in [-0.05, 0) is 6.42 Å². The highest BCUT2D eigenvalue weighted by atomic mass is 32.2. The lowest BCUT2D eigenvalue weighted by Crippen LogP contribution is -2.18. The number of amidine groups is 1. The fourth-order valence-corrected chi connectivity index (χ4v) is 3.38. The van der Waals surface area contributed by atoms with E-state index in [4.69, 9.17) is 5.73 Å². The number of hydrogen-bond donors (Lipinski definition) is 1. The van der Waals surface area contributed by atoms with Crippen molar-refractivity contribution in [3.8, 4) is 0 Å². The first-order chi connectivity index (χ1) is 7.57. The quantitative estimate of drug-likeness (QED) is 0.605. The maximum Gasteiger partial charge on any atom is 0.152 e. The fourth-order valence-electron chi connectivity index (χ4n) is 1.76. The van der Waals surface area contributed by atoms with Crippen molar-refractivity contribution in [2.75, 3.05) is 11.5 Å². The smallest absolute Gasteiger partial charge is 0.152 e. The fraction of sp³-hybridized carbons (Fsp3) is 0.364. The average Bonchev–Trinajstić information content (AvgIpc) is 2.59. The maximum atomic E-state index is 11.2. The number of aliphatic imine (C=N–C) groups is 1. The Morgan fingerprint density at radius 2 is 2.00 bits per heavy atom. The molecule has 1 atom stereocenters. The van der Waals surface area contributed by atoms with Crippen LogP contribution in [0.1, 0.15) is 12.0 Å². The van der Waals surface area contributed by atoms with Crippen molar-refractivity contribution in [3.63, 3.8) is 0 Å². The second-order valence-electron chi connectivity index (χ2n) is 3.94. The molecule has 1 aromatic carbocycles. The zero-order valence-electron chi connectivity index (χ0n) is 8.83. The van der Waals surface area contributed by atoms with Gasteiger partial charge in [0.25, 0.3) is 0 Å². The Balaban J connectivity index is 2.14. The molecule has 2 N–H and O–H groups in total. The number of hydrogen-bond acceptors (Lipinski definition) is 3. The minimum Gasteiger partial charge on any atom is -0.383 e. The van der Waals surface area contributed by atoms with Crippen LogP contribution in [0.25, 0.3) is 0 Å². The molecular formula is C11H14N2O2S. The van der Waals surface area contributed by atoms with Gasteiger partial charge in [-0.3, -0.25) is 4.99 Å². The number of benzene rings is 1. The Labute approximate surface area is 95.1 Å². The van der Waals surface area contributed by atoms with E-state index >= 15 is 0 Å². The van der Waals surface area contributed by atoms with E-state index in [0.717, 1.165) is 5.56 Å². The third-order valence-electron chi connectivity index (χ3n) is 2.60. The van der Waals surface area contributed by atoms with Crippen LogP contribution in [0.5, 0.6) is 0 Å². The van der Waals surface area contributed by atoms with Crippen LogP contribution in [0, 0.1) is 0 Å². The van der Waals surface area contributed by atoms with E-state index in [9.17, 15) is 8.42 Å². The predicted octanol–water partition coefficient (Wildman–Crippen LogP) is 0.579. The molecule has 0 aromatic heterocycles. The van der Waals surface area contributed by atoms with E-state index in [-0.39, 0.29) is 17.5 Å². The molecule has 1 aliphatic heterocycles. The van der Waals surface area contributed by atoms with Crippen molar-refractivity contribution >= 4 is 15.7 Å². The monoisotopic (exact) mass is 238 g/mol. The normalized spacial score (nSPS) is 24.5. The van der Waals surface area contributed by atoms with Crippen LogP contribution in [-0.4, -0.2) is 31.8 Å². The van der Waals surface area contributed by atoms with Gasteiger partial charge in [0.1, 0.15) is 5.84 Å². The highest BCUT2D eigenvalue weighted by Gasteiger charge is 2.27. The number of nitrogens with zero attached hydrogens (tertiary/aromatic N) is 1. The lowest BCUT2D eigenvalue weighted by atomic mass is 10.2. The standard InChI is InChI=1S/C11H14N2O2S/c12-11(9-4-2-1-3-5-9)13-10-6-7-16(14,15)8-10/h1-5,10H,6-8H2,(H2,12,13). The SMILES string of the molecule is NC(=NC1CCS(=O)(=O)C1)c1ccccc1. The maximum absolute atomic E-state index is 11.2. The Morgan fingerprint density at radius 3 is 2.56 bits per heavy atom. The second-order valence-corrected chi connectivity index (χ2v) is 6.17. The topological polar surface area (TPSA) is 72.5 Å². The van der Waals surface area contributed by atoms with Gasteiger partial charge in [-0.2, -0.15) is 0 Å². The number of nitrogens with two attached hydrogens (primary N) is 1. The van der Waals surface area contributed by atoms with Crippen LogP contribution in [-0.2, 0) is 9.84 Å². The predicted molar refractivity (Wildman–Crippen MR) is 64.2 cm³/mol. The molecule has 0 bridgehead atoms. The van der Waals surface area contributed by atoms with Crippen LogP contribution in [0.4, 0.5) is 0 Å². The molecule has 1 fully saturated rings. The summed E-state index contributed by atoms with van der Waals surface area (Å²) >= 11 is 0. The lowest BCUT2D eigenvalue weighted by molar-refractivity contribution is 0.601. The third kappa shape index (κ3) is 2.61. The van der Waals surface area contributed by atoms with Crippen molar-refractivity contribution in [2.45, 2.75) is 12.5 Å². The molecule has 1 aliphatic rings. The zero-order chi connectivity index (χ0) is 11.6. The Bertz CT molecular complexity index is 494. The zero-order valence-corrected chi connectivity index (χ0v) is 9.65. The van der Waals surface area contributed by atoms with Crippen molar-refractivity contribution in [2.24, 2.45) is 10.7 Å². The van der Waals surface area contributed by atoms with Crippen LogP contribution >= 0.6 is 0 Å². The minimum atomic E-state index is -2.89. The summed E-state index contributed by atoms with van der Waals surface area (Å²) in [6.07, 6.45) is 0.579. The van der Waals surface area contributed by atoms with Gasteiger partial charge >= 0.3 is 0 Å². The van der Waals surface area contributed by atoms with Gasteiger partial charge in [0.05, 0.1) is 17.5 Å². The van der Waals surface area contributed by atoms with Crippen LogP contribution in [0.15, 0.2) is 35.3 Å². The molecule has 4 nitrogen and oxygen atoms in total. The van der Waals surface area contributed by atoms with Crippen molar-refractivity contribution in [3.05, 3.63) is 35.9 Å². The largest absolute Gasteiger partial charge is 0.383 e. The van der Waals surface area contributed by atoms with E-state index in [1.54, 1.807) is 0 Å². The molecule has 1 aromatic rings. The molecular weight excluding hydrogens is 224 g/mol. The summed E-state index contributed by atoms with van der Waals surface area (Å²) in [5.74, 6) is 0.770.